The predicted molar refractivity (Wildman–Crippen MR) is 265 cm³/mol. The van der Waals surface area contributed by atoms with Crippen molar-refractivity contribution >= 4 is 34.0 Å². The zero-order chi connectivity index (χ0) is 42.6. The molecular formula is C62H46N2. The molecule has 13 rings (SSSR count). The smallest absolute Gasteiger partial charge is 0.0689 e. The molecule has 1 spiro atoms. The molecular weight excluding hydrogens is 773 g/mol. The highest BCUT2D eigenvalue weighted by Gasteiger charge is 2.55. The molecule has 4 aliphatic carbocycles. The van der Waals surface area contributed by atoms with Gasteiger partial charge in [0.15, 0.2) is 0 Å². The highest BCUT2D eigenvalue weighted by atomic mass is 15.2. The summed E-state index contributed by atoms with van der Waals surface area (Å²) >= 11 is 0. The Kier molecular flexibility index (Phi) is 8.03. The van der Waals surface area contributed by atoms with Crippen LogP contribution in [-0.2, 0) is 10.8 Å². The molecule has 2 atom stereocenters. The lowest BCUT2D eigenvalue weighted by Crippen LogP contribution is -2.33. The maximum Gasteiger partial charge on any atom is 0.0689 e. The molecule has 0 bridgehead atoms. The van der Waals surface area contributed by atoms with E-state index in [9.17, 15) is 0 Å². The number of nitrogens with zero attached hydrogens (tertiary/aromatic N) is 2. The molecule has 0 amide bonds. The van der Waals surface area contributed by atoms with Crippen LogP contribution in [0.3, 0.4) is 0 Å². The van der Waals surface area contributed by atoms with Gasteiger partial charge in [0.25, 0.3) is 0 Å². The van der Waals surface area contributed by atoms with Crippen molar-refractivity contribution < 1.29 is 0 Å². The predicted octanol–water partition coefficient (Wildman–Crippen LogP) is 15.9. The van der Waals surface area contributed by atoms with E-state index in [2.05, 4.69) is 248 Å². The summed E-state index contributed by atoms with van der Waals surface area (Å²) in [5, 5.41) is 0. The van der Waals surface area contributed by atoms with Crippen LogP contribution in [0.4, 0.5) is 28.4 Å². The summed E-state index contributed by atoms with van der Waals surface area (Å²) in [5.41, 5.74) is 24.3. The van der Waals surface area contributed by atoms with Crippen LogP contribution in [0.1, 0.15) is 70.8 Å². The quantitative estimate of drug-likeness (QED) is 0.165. The summed E-state index contributed by atoms with van der Waals surface area (Å²) in [4.78, 5) is 5.09. The van der Waals surface area contributed by atoms with E-state index in [1.165, 1.54) is 95.0 Å². The number of hydrogen-bond acceptors (Lipinski definition) is 2. The average Bonchev–Trinajstić information content (AvgIpc) is 3.91. The Bertz CT molecular complexity index is 3310. The van der Waals surface area contributed by atoms with E-state index in [4.69, 9.17) is 0 Å². The van der Waals surface area contributed by atoms with E-state index in [0.717, 1.165) is 17.8 Å². The molecule has 2 unspecified atom stereocenters. The minimum atomic E-state index is -0.476. The fourth-order valence-electron chi connectivity index (χ4n) is 12.3. The third kappa shape index (κ3) is 5.02. The topological polar surface area (TPSA) is 6.48 Å². The van der Waals surface area contributed by atoms with Gasteiger partial charge in [-0.3, -0.25) is 0 Å². The Morgan fingerprint density at radius 2 is 0.906 bits per heavy atom. The molecule has 0 aromatic heterocycles. The first kappa shape index (κ1) is 36.9. The molecule has 0 aliphatic heterocycles. The molecule has 2 heteroatoms. The summed E-state index contributed by atoms with van der Waals surface area (Å²) in [6, 6.07) is 84.0. The van der Waals surface area contributed by atoms with E-state index in [0.29, 0.717) is 0 Å². The van der Waals surface area contributed by atoms with E-state index in [-0.39, 0.29) is 11.5 Å². The Hall–Kier alpha value is -7.68. The van der Waals surface area contributed by atoms with Gasteiger partial charge in [-0.25, -0.2) is 0 Å². The molecule has 4 aliphatic rings. The van der Waals surface area contributed by atoms with Crippen molar-refractivity contribution in [2.75, 3.05) is 9.80 Å². The Balaban J connectivity index is 1.05. The van der Waals surface area contributed by atoms with E-state index < -0.39 is 5.41 Å². The molecule has 9 aromatic carbocycles. The second-order valence-corrected chi connectivity index (χ2v) is 18.3. The van der Waals surface area contributed by atoms with Crippen LogP contribution in [0.5, 0.6) is 0 Å². The second-order valence-electron chi connectivity index (χ2n) is 18.3. The molecule has 0 heterocycles. The van der Waals surface area contributed by atoms with Gasteiger partial charge in [-0.05, 0) is 133 Å². The molecule has 9 aromatic rings. The Labute approximate surface area is 376 Å². The maximum atomic E-state index is 2.58. The van der Waals surface area contributed by atoms with Crippen molar-refractivity contribution in [3.63, 3.8) is 0 Å². The number of para-hydroxylation sites is 3. The van der Waals surface area contributed by atoms with Gasteiger partial charge in [0.1, 0.15) is 0 Å². The summed E-state index contributed by atoms with van der Waals surface area (Å²) in [5.74, 6) is 0. The Morgan fingerprint density at radius 1 is 0.391 bits per heavy atom. The van der Waals surface area contributed by atoms with Gasteiger partial charge in [-0.1, -0.05) is 184 Å². The van der Waals surface area contributed by atoms with Crippen molar-refractivity contribution in [2.24, 2.45) is 0 Å². The van der Waals surface area contributed by atoms with Crippen LogP contribution in [0.25, 0.3) is 27.8 Å². The lowest BCUT2D eigenvalue weighted by atomic mass is 9.66. The molecule has 64 heavy (non-hydrogen) atoms. The van der Waals surface area contributed by atoms with Gasteiger partial charge in [0, 0.05) is 33.7 Å². The lowest BCUT2D eigenvalue weighted by molar-refractivity contribution is 0.617. The van der Waals surface area contributed by atoms with E-state index >= 15 is 0 Å². The second kappa shape index (κ2) is 13.9. The Morgan fingerprint density at radius 3 is 1.59 bits per heavy atom. The minimum absolute atomic E-state index is 0.0577. The van der Waals surface area contributed by atoms with Crippen molar-refractivity contribution in [1.29, 1.82) is 0 Å². The standard InChI is InChI=1S/C62H46N2/c1-61(2)51-32-17-15-30-48(51)60-55(61)35-20-36-57(60)64(43-25-10-5-11-26-43)44-37-38-54-50(39-44)45-27-14-18-33-52(45)62(54)53-34-19-16-31-49(53)59-47-29-13-12-28-46(47)58(40-56(59)62)63(41-21-6-3-7-22-41)42-23-8-4-9-24-42/h3-39,58H,40H2,1-2H3. The highest BCUT2D eigenvalue weighted by Crippen LogP contribution is 2.67. The molecule has 0 N–H and O–H groups in total. The number of hydrogen-bond donors (Lipinski definition) is 0. The summed E-state index contributed by atoms with van der Waals surface area (Å²) in [7, 11) is 0. The normalized spacial score (nSPS) is 17.8. The first-order valence-electron chi connectivity index (χ1n) is 22.7. The van der Waals surface area contributed by atoms with Crippen LogP contribution in [0.15, 0.2) is 230 Å². The van der Waals surface area contributed by atoms with Crippen LogP contribution in [0.2, 0.25) is 0 Å². The van der Waals surface area contributed by atoms with Crippen LogP contribution in [0, 0.1) is 0 Å². The van der Waals surface area contributed by atoms with Crippen LogP contribution in [-0.4, -0.2) is 0 Å². The van der Waals surface area contributed by atoms with Crippen LogP contribution >= 0.6 is 0 Å². The maximum absolute atomic E-state index is 2.58. The number of anilines is 5. The van der Waals surface area contributed by atoms with Gasteiger partial charge in [-0.15, -0.1) is 0 Å². The third-order valence-electron chi connectivity index (χ3n) is 14.8. The van der Waals surface area contributed by atoms with Crippen molar-refractivity contribution in [2.45, 2.75) is 37.1 Å². The third-order valence-corrected chi connectivity index (χ3v) is 14.8. The fourth-order valence-corrected chi connectivity index (χ4v) is 12.3. The van der Waals surface area contributed by atoms with Gasteiger partial charge in [0.05, 0.1) is 17.1 Å². The fraction of sp³-hybridized carbons (Fsp3) is 0.0968. The number of rotatable bonds is 6. The first-order chi connectivity index (χ1) is 31.5. The average molecular weight is 819 g/mol. The molecule has 0 saturated carbocycles. The summed E-state index contributed by atoms with van der Waals surface area (Å²) in [6.45, 7) is 4.74. The molecule has 304 valence electrons. The molecule has 0 fully saturated rings. The molecule has 2 nitrogen and oxygen atoms in total. The number of benzene rings is 9. The van der Waals surface area contributed by atoms with E-state index in [1.54, 1.807) is 0 Å². The van der Waals surface area contributed by atoms with Crippen molar-refractivity contribution in [1.82, 2.24) is 0 Å². The van der Waals surface area contributed by atoms with Crippen molar-refractivity contribution in [3.8, 4) is 22.3 Å². The van der Waals surface area contributed by atoms with Gasteiger partial charge >= 0.3 is 0 Å². The number of fused-ring (bicyclic) bond motifs is 14. The van der Waals surface area contributed by atoms with Crippen molar-refractivity contribution in [3.05, 3.63) is 275 Å². The highest BCUT2D eigenvalue weighted by molar-refractivity contribution is 6.02. The molecule has 0 radical (unpaired) electrons. The largest absolute Gasteiger partial charge is 0.334 e. The first-order valence-corrected chi connectivity index (χ1v) is 22.7. The monoisotopic (exact) mass is 818 g/mol. The molecule has 0 saturated heterocycles. The zero-order valence-electron chi connectivity index (χ0n) is 36.0. The summed E-state index contributed by atoms with van der Waals surface area (Å²) in [6.07, 6.45) is 0.863. The van der Waals surface area contributed by atoms with Gasteiger partial charge in [-0.2, -0.15) is 0 Å². The minimum Gasteiger partial charge on any atom is -0.334 e. The van der Waals surface area contributed by atoms with Crippen LogP contribution < -0.4 is 9.80 Å². The SMILES string of the molecule is CC1(C)c2ccccc2-c2c(N(c3ccccc3)c3ccc4c(c3)-c3ccccc3C43C4=C(c5ccccc5C(N(c5ccccc5)c5ccccc5)C4)c4ccccc43)cccc21. The van der Waals surface area contributed by atoms with Gasteiger partial charge in [0.2, 0.25) is 0 Å². The van der Waals surface area contributed by atoms with Gasteiger partial charge < -0.3 is 9.80 Å². The van der Waals surface area contributed by atoms with E-state index in [1.807, 2.05) is 0 Å². The lowest BCUT2D eigenvalue weighted by Gasteiger charge is -2.42. The zero-order valence-corrected chi connectivity index (χ0v) is 36.0. The summed E-state index contributed by atoms with van der Waals surface area (Å²) < 4.78 is 0.